The highest BCUT2D eigenvalue weighted by Crippen LogP contribution is 2.22. The average molecular weight is 191 g/mol. The van der Waals surface area contributed by atoms with Crippen LogP contribution in [0.2, 0.25) is 4.34 Å². The minimum absolute atomic E-state index is 0.212. The Morgan fingerprint density at radius 1 is 1.64 bits per heavy atom. The Morgan fingerprint density at radius 3 is 2.82 bits per heavy atom. The Kier molecular flexibility index (Phi) is 3.37. The van der Waals surface area contributed by atoms with Crippen molar-refractivity contribution in [2.24, 2.45) is 0 Å². The first-order valence-corrected chi connectivity index (χ1v) is 4.80. The lowest BCUT2D eigenvalue weighted by Gasteiger charge is -2.00. The van der Waals surface area contributed by atoms with E-state index >= 15 is 0 Å². The van der Waals surface area contributed by atoms with Crippen molar-refractivity contribution >= 4 is 22.9 Å². The number of halogens is 1. The number of aliphatic hydroxyl groups excluding tert-OH is 1. The highest BCUT2D eigenvalue weighted by molar-refractivity contribution is 7.16. The van der Waals surface area contributed by atoms with Crippen LogP contribution in [-0.2, 0) is 6.42 Å². The minimum atomic E-state index is -0.212. The van der Waals surface area contributed by atoms with Gasteiger partial charge in [0.25, 0.3) is 0 Å². The van der Waals surface area contributed by atoms with Crippen molar-refractivity contribution in [3.63, 3.8) is 0 Å². The molecule has 0 fully saturated rings. The molecule has 0 saturated heterocycles. The summed E-state index contributed by atoms with van der Waals surface area (Å²) in [5.74, 6) is 0. The lowest BCUT2D eigenvalue weighted by atomic mass is 10.2. The maximum Gasteiger partial charge on any atom is 0.0931 e. The molecule has 0 bridgehead atoms. The fraction of sp³-hybridized carbons (Fsp3) is 0.500. The summed E-state index contributed by atoms with van der Waals surface area (Å²) in [6.45, 7) is 1.80. The molecule has 1 heterocycles. The molecule has 1 atom stereocenters. The predicted octanol–water partition coefficient (Wildman–Crippen LogP) is 2.71. The van der Waals surface area contributed by atoms with Gasteiger partial charge in [-0.05, 0) is 31.9 Å². The molecule has 0 saturated carbocycles. The Morgan fingerprint density at radius 2 is 2.36 bits per heavy atom. The van der Waals surface area contributed by atoms with Crippen LogP contribution in [0.15, 0.2) is 12.1 Å². The summed E-state index contributed by atoms with van der Waals surface area (Å²) < 4.78 is 0.825. The van der Waals surface area contributed by atoms with Gasteiger partial charge in [0.1, 0.15) is 0 Å². The largest absolute Gasteiger partial charge is 0.393 e. The standard InChI is InChI=1S/C8H11ClOS/c1-6(10)2-3-7-4-5-8(9)11-7/h4-6,10H,2-3H2,1H3. The molecule has 11 heavy (non-hydrogen) atoms. The molecule has 0 spiro atoms. The van der Waals surface area contributed by atoms with Gasteiger partial charge in [-0.2, -0.15) is 0 Å². The minimum Gasteiger partial charge on any atom is -0.393 e. The van der Waals surface area contributed by atoms with E-state index in [1.807, 2.05) is 12.1 Å². The quantitative estimate of drug-likeness (QED) is 0.777. The third kappa shape index (κ3) is 3.23. The van der Waals surface area contributed by atoms with Gasteiger partial charge in [-0.25, -0.2) is 0 Å². The summed E-state index contributed by atoms with van der Waals surface area (Å²) in [5.41, 5.74) is 0. The van der Waals surface area contributed by atoms with Crippen molar-refractivity contribution in [3.05, 3.63) is 21.3 Å². The van der Waals surface area contributed by atoms with Crippen LogP contribution in [0.25, 0.3) is 0 Å². The number of rotatable bonds is 3. The predicted molar refractivity (Wildman–Crippen MR) is 49.3 cm³/mol. The summed E-state index contributed by atoms with van der Waals surface area (Å²) in [6, 6.07) is 3.90. The SMILES string of the molecule is CC(O)CCc1ccc(Cl)s1. The molecule has 3 heteroatoms. The molecule has 0 aromatic carbocycles. The van der Waals surface area contributed by atoms with Gasteiger partial charge in [0, 0.05) is 4.88 Å². The van der Waals surface area contributed by atoms with E-state index in [2.05, 4.69) is 0 Å². The Bertz CT molecular complexity index is 220. The Hall–Kier alpha value is -0.0500. The zero-order chi connectivity index (χ0) is 8.27. The maximum atomic E-state index is 8.99. The summed E-state index contributed by atoms with van der Waals surface area (Å²) in [5, 5.41) is 8.99. The fourth-order valence-corrected chi connectivity index (χ4v) is 1.94. The van der Waals surface area contributed by atoms with Crippen LogP contribution in [0.1, 0.15) is 18.2 Å². The van der Waals surface area contributed by atoms with Crippen molar-refractivity contribution in [2.75, 3.05) is 0 Å². The van der Waals surface area contributed by atoms with Crippen LogP contribution < -0.4 is 0 Å². The number of aliphatic hydroxyl groups is 1. The van der Waals surface area contributed by atoms with E-state index in [9.17, 15) is 0 Å². The molecule has 62 valence electrons. The van der Waals surface area contributed by atoms with E-state index in [1.165, 1.54) is 4.88 Å². The van der Waals surface area contributed by atoms with Gasteiger partial charge in [-0.15, -0.1) is 11.3 Å². The topological polar surface area (TPSA) is 20.2 Å². The zero-order valence-corrected chi connectivity index (χ0v) is 7.95. The highest BCUT2D eigenvalue weighted by atomic mass is 35.5. The number of aryl methyl sites for hydroxylation is 1. The molecule has 1 unspecified atom stereocenters. The normalized spacial score (nSPS) is 13.4. The number of thiophene rings is 1. The summed E-state index contributed by atoms with van der Waals surface area (Å²) in [7, 11) is 0. The molecule has 1 N–H and O–H groups in total. The molecule has 1 aromatic rings. The molecular formula is C8H11ClOS. The molecule has 0 aliphatic carbocycles. The Labute approximate surface area is 75.6 Å². The number of hydrogen-bond donors (Lipinski definition) is 1. The van der Waals surface area contributed by atoms with Crippen LogP contribution in [0, 0.1) is 0 Å². The van der Waals surface area contributed by atoms with Crippen LogP contribution in [0.4, 0.5) is 0 Å². The second-order valence-corrected chi connectivity index (χ2v) is 4.39. The van der Waals surface area contributed by atoms with Gasteiger partial charge >= 0.3 is 0 Å². The Balaban J connectivity index is 2.39. The van der Waals surface area contributed by atoms with E-state index < -0.39 is 0 Å². The molecular weight excluding hydrogens is 180 g/mol. The number of hydrogen-bond acceptors (Lipinski definition) is 2. The van der Waals surface area contributed by atoms with Gasteiger partial charge in [0.05, 0.1) is 10.4 Å². The summed E-state index contributed by atoms with van der Waals surface area (Å²) in [4.78, 5) is 1.25. The van der Waals surface area contributed by atoms with Crippen molar-refractivity contribution < 1.29 is 5.11 Å². The van der Waals surface area contributed by atoms with E-state index in [1.54, 1.807) is 18.3 Å². The van der Waals surface area contributed by atoms with E-state index in [-0.39, 0.29) is 6.10 Å². The maximum absolute atomic E-state index is 8.99. The zero-order valence-electron chi connectivity index (χ0n) is 6.38. The van der Waals surface area contributed by atoms with E-state index in [4.69, 9.17) is 16.7 Å². The van der Waals surface area contributed by atoms with Crippen LogP contribution >= 0.6 is 22.9 Å². The van der Waals surface area contributed by atoms with Crippen LogP contribution in [0.5, 0.6) is 0 Å². The average Bonchev–Trinajstić information content (AvgIpc) is 2.31. The molecule has 1 nitrogen and oxygen atoms in total. The lowest BCUT2D eigenvalue weighted by molar-refractivity contribution is 0.185. The first kappa shape index (κ1) is 9.04. The van der Waals surface area contributed by atoms with Gasteiger partial charge in [0.15, 0.2) is 0 Å². The lowest BCUT2D eigenvalue weighted by Crippen LogP contribution is -1.99. The van der Waals surface area contributed by atoms with Gasteiger partial charge in [-0.1, -0.05) is 11.6 Å². The highest BCUT2D eigenvalue weighted by Gasteiger charge is 2.00. The molecule has 0 radical (unpaired) electrons. The van der Waals surface area contributed by atoms with Crippen molar-refractivity contribution in [1.82, 2.24) is 0 Å². The molecule has 1 rings (SSSR count). The van der Waals surface area contributed by atoms with Crippen LogP contribution in [-0.4, -0.2) is 11.2 Å². The van der Waals surface area contributed by atoms with Crippen molar-refractivity contribution in [1.29, 1.82) is 0 Å². The van der Waals surface area contributed by atoms with E-state index in [0.717, 1.165) is 17.2 Å². The third-order valence-corrected chi connectivity index (χ3v) is 2.73. The summed E-state index contributed by atoms with van der Waals surface area (Å²) in [6.07, 6.45) is 1.53. The molecule has 0 aliphatic rings. The molecule has 1 aromatic heterocycles. The summed E-state index contributed by atoms with van der Waals surface area (Å²) >= 11 is 7.32. The van der Waals surface area contributed by atoms with Gasteiger partial charge in [-0.3, -0.25) is 0 Å². The van der Waals surface area contributed by atoms with Gasteiger partial charge in [0.2, 0.25) is 0 Å². The first-order valence-electron chi connectivity index (χ1n) is 3.61. The molecule has 0 aliphatic heterocycles. The third-order valence-electron chi connectivity index (χ3n) is 1.44. The van der Waals surface area contributed by atoms with Crippen LogP contribution in [0.3, 0.4) is 0 Å². The molecule has 0 amide bonds. The van der Waals surface area contributed by atoms with Crippen molar-refractivity contribution in [2.45, 2.75) is 25.9 Å². The monoisotopic (exact) mass is 190 g/mol. The van der Waals surface area contributed by atoms with Gasteiger partial charge < -0.3 is 5.11 Å². The smallest absolute Gasteiger partial charge is 0.0931 e. The second-order valence-electron chi connectivity index (χ2n) is 2.59. The first-order chi connectivity index (χ1) is 5.18. The fourth-order valence-electron chi connectivity index (χ4n) is 0.837. The van der Waals surface area contributed by atoms with Crippen molar-refractivity contribution in [3.8, 4) is 0 Å². The second kappa shape index (κ2) is 4.10. The van der Waals surface area contributed by atoms with E-state index in [0.29, 0.717) is 0 Å².